The number of rotatable bonds is 4. The Morgan fingerprint density at radius 1 is 1.38 bits per heavy atom. The molecule has 0 radical (unpaired) electrons. The topological polar surface area (TPSA) is 88.3 Å². The van der Waals surface area contributed by atoms with Crippen LogP contribution in [-0.4, -0.2) is 23.3 Å². The fraction of sp³-hybridized carbons (Fsp3) is 0.235. The van der Waals surface area contributed by atoms with Gasteiger partial charge < -0.3 is 16.0 Å². The molecule has 1 aliphatic rings. The number of nitrogens with two attached hydrogens (primary N) is 1. The first-order chi connectivity index (χ1) is 11.5. The Hall–Kier alpha value is -2.60. The fourth-order valence-electron chi connectivity index (χ4n) is 2.79. The van der Waals surface area contributed by atoms with Crippen molar-refractivity contribution in [2.24, 2.45) is 5.73 Å². The first-order valence-electron chi connectivity index (χ1n) is 7.65. The second-order valence-electron chi connectivity index (χ2n) is 5.53. The fourth-order valence-corrected chi connectivity index (χ4v) is 3.00. The van der Waals surface area contributed by atoms with E-state index in [4.69, 9.17) is 17.3 Å². The Kier molecular flexibility index (Phi) is 4.40. The Bertz CT molecular complexity index is 822. The van der Waals surface area contributed by atoms with Crippen molar-refractivity contribution >= 4 is 40.6 Å². The molecule has 1 aromatic heterocycles. The zero-order chi connectivity index (χ0) is 17.3. The van der Waals surface area contributed by atoms with E-state index in [0.717, 1.165) is 16.9 Å². The molecule has 0 fully saturated rings. The van der Waals surface area contributed by atoms with Crippen LogP contribution in [0.5, 0.6) is 0 Å². The van der Waals surface area contributed by atoms with Crippen LogP contribution in [0.4, 0.5) is 17.2 Å². The van der Waals surface area contributed by atoms with E-state index in [9.17, 15) is 9.59 Å². The molecule has 1 aliphatic heterocycles. The number of fused-ring (bicyclic) bond motifs is 1. The van der Waals surface area contributed by atoms with Crippen LogP contribution in [-0.2, 0) is 11.2 Å². The maximum Gasteiger partial charge on any atom is 0.250 e. The molecule has 3 rings (SSSR count). The molecule has 0 saturated heterocycles. The normalized spacial score (nSPS) is 13.6. The van der Waals surface area contributed by atoms with Crippen LogP contribution in [0.2, 0.25) is 5.02 Å². The number of carbonyl (C=O) groups excluding carboxylic acids is 2. The van der Waals surface area contributed by atoms with Gasteiger partial charge in [0.1, 0.15) is 5.82 Å². The minimum absolute atomic E-state index is 0.150. The van der Waals surface area contributed by atoms with Gasteiger partial charge in [-0.25, -0.2) is 4.98 Å². The number of hydrogen-bond donors (Lipinski definition) is 2. The molecular weight excluding hydrogens is 328 g/mol. The lowest BCUT2D eigenvalue weighted by Gasteiger charge is -2.28. The van der Waals surface area contributed by atoms with Crippen LogP contribution in [0, 0.1) is 0 Å². The Balaban J connectivity index is 1.87. The van der Waals surface area contributed by atoms with Gasteiger partial charge >= 0.3 is 0 Å². The zero-order valence-corrected chi connectivity index (χ0v) is 13.9. The molecule has 0 aliphatic carbocycles. The molecule has 1 aromatic carbocycles. The number of carbonyl (C=O) groups is 2. The Labute approximate surface area is 144 Å². The first kappa shape index (κ1) is 16.3. The van der Waals surface area contributed by atoms with Crippen molar-refractivity contribution in [3.63, 3.8) is 0 Å². The highest BCUT2D eigenvalue weighted by molar-refractivity contribution is 6.33. The molecule has 124 valence electrons. The van der Waals surface area contributed by atoms with Gasteiger partial charge in [0.15, 0.2) is 0 Å². The summed E-state index contributed by atoms with van der Waals surface area (Å²) < 4.78 is 0. The van der Waals surface area contributed by atoms with Crippen molar-refractivity contribution < 1.29 is 9.59 Å². The van der Waals surface area contributed by atoms with Gasteiger partial charge in [-0.2, -0.15) is 0 Å². The van der Waals surface area contributed by atoms with E-state index in [1.807, 2.05) is 25.1 Å². The van der Waals surface area contributed by atoms with Crippen LogP contribution in [0.15, 0.2) is 30.5 Å². The summed E-state index contributed by atoms with van der Waals surface area (Å²) in [5.41, 5.74) is 8.34. The second kappa shape index (κ2) is 6.49. The van der Waals surface area contributed by atoms with E-state index in [-0.39, 0.29) is 11.5 Å². The third-order valence-electron chi connectivity index (χ3n) is 3.98. The summed E-state index contributed by atoms with van der Waals surface area (Å²) in [6.45, 7) is 2.61. The molecule has 0 bridgehead atoms. The number of anilines is 3. The Morgan fingerprint density at radius 2 is 2.17 bits per heavy atom. The number of amides is 2. The number of aromatic nitrogens is 1. The lowest BCUT2D eigenvalue weighted by atomic mass is 10.0. The molecule has 0 unspecified atom stereocenters. The van der Waals surface area contributed by atoms with Gasteiger partial charge in [0.05, 0.1) is 10.6 Å². The van der Waals surface area contributed by atoms with Crippen LogP contribution in [0.1, 0.15) is 29.3 Å². The highest BCUT2D eigenvalue weighted by atomic mass is 35.5. The van der Waals surface area contributed by atoms with Crippen molar-refractivity contribution in [1.82, 2.24) is 4.98 Å². The number of primary amides is 1. The van der Waals surface area contributed by atoms with Crippen molar-refractivity contribution in [2.75, 3.05) is 16.8 Å². The van der Waals surface area contributed by atoms with E-state index in [1.165, 1.54) is 12.3 Å². The SMILES string of the molecule is CCN1C(=O)CCc2cc(Nc3ncc(C(N)=O)cc3Cl)ccc21. The summed E-state index contributed by atoms with van der Waals surface area (Å²) in [6, 6.07) is 7.27. The molecule has 0 saturated carbocycles. The monoisotopic (exact) mass is 344 g/mol. The number of nitrogens with zero attached hydrogens (tertiary/aromatic N) is 2. The molecular formula is C17H17ClN4O2. The highest BCUT2D eigenvalue weighted by Crippen LogP contribution is 2.32. The quantitative estimate of drug-likeness (QED) is 0.892. The molecule has 0 atom stereocenters. The number of pyridine rings is 1. The van der Waals surface area contributed by atoms with Crippen LogP contribution < -0.4 is 16.0 Å². The first-order valence-corrected chi connectivity index (χ1v) is 8.03. The lowest BCUT2D eigenvalue weighted by molar-refractivity contribution is -0.118. The standard InChI is InChI=1S/C17H17ClN4O2/c1-2-22-14-5-4-12(7-10(14)3-6-15(22)23)21-17-13(18)8-11(9-20-17)16(19)24/h4-5,7-9H,2-3,6H2,1H3,(H2,19,24)(H,20,21). The predicted molar refractivity (Wildman–Crippen MR) is 93.8 cm³/mol. The molecule has 0 spiro atoms. The smallest absolute Gasteiger partial charge is 0.250 e. The average Bonchev–Trinajstić information content (AvgIpc) is 2.56. The van der Waals surface area contributed by atoms with E-state index in [0.29, 0.717) is 30.2 Å². The molecule has 2 aromatic rings. The third kappa shape index (κ3) is 3.05. The van der Waals surface area contributed by atoms with Crippen molar-refractivity contribution in [3.05, 3.63) is 46.6 Å². The van der Waals surface area contributed by atoms with Crippen LogP contribution >= 0.6 is 11.6 Å². The minimum atomic E-state index is -0.575. The van der Waals surface area contributed by atoms with E-state index in [2.05, 4.69) is 10.3 Å². The van der Waals surface area contributed by atoms with Crippen LogP contribution in [0.3, 0.4) is 0 Å². The second-order valence-corrected chi connectivity index (χ2v) is 5.93. The van der Waals surface area contributed by atoms with Gasteiger partial charge in [0, 0.05) is 30.5 Å². The maximum atomic E-state index is 11.9. The molecule has 2 heterocycles. The minimum Gasteiger partial charge on any atom is -0.366 e. The summed E-state index contributed by atoms with van der Waals surface area (Å²) >= 11 is 6.15. The summed E-state index contributed by atoms with van der Waals surface area (Å²) in [6.07, 6.45) is 2.60. The molecule has 2 amide bonds. The van der Waals surface area contributed by atoms with E-state index < -0.39 is 5.91 Å². The van der Waals surface area contributed by atoms with Gasteiger partial charge in [0.25, 0.3) is 0 Å². The van der Waals surface area contributed by atoms with Gasteiger partial charge in [-0.1, -0.05) is 11.6 Å². The van der Waals surface area contributed by atoms with Crippen molar-refractivity contribution in [2.45, 2.75) is 19.8 Å². The highest BCUT2D eigenvalue weighted by Gasteiger charge is 2.22. The van der Waals surface area contributed by atoms with Gasteiger partial charge in [-0.05, 0) is 43.2 Å². The van der Waals surface area contributed by atoms with E-state index >= 15 is 0 Å². The zero-order valence-electron chi connectivity index (χ0n) is 13.2. The van der Waals surface area contributed by atoms with Crippen molar-refractivity contribution in [1.29, 1.82) is 0 Å². The third-order valence-corrected chi connectivity index (χ3v) is 4.27. The summed E-state index contributed by atoms with van der Waals surface area (Å²) in [5, 5.41) is 3.45. The number of benzene rings is 1. The average molecular weight is 345 g/mol. The Morgan fingerprint density at radius 3 is 2.83 bits per heavy atom. The van der Waals surface area contributed by atoms with Crippen molar-refractivity contribution in [3.8, 4) is 0 Å². The number of nitrogens with one attached hydrogen (secondary N) is 1. The number of aryl methyl sites for hydroxylation is 1. The summed E-state index contributed by atoms with van der Waals surface area (Å²) in [4.78, 5) is 29.0. The van der Waals surface area contributed by atoms with Crippen LogP contribution in [0.25, 0.3) is 0 Å². The predicted octanol–water partition coefficient (Wildman–Crippen LogP) is 2.88. The number of halogens is 1. The summed E-state index contributed by atoms with van der Waals surface area (Å²) in [5.74, 6) is 0.0207. The molecule has 3 N–H and O–H groups in total. The largest absolute Gasteiger partial charge is 0.366 e. The van der Waals surface area contributed by atoms with Gasteiger partial charge in [0.2, 0.25) is 11.8 Å². The molecule has 6 nitrogen and oxygen atoms in total. The van der Waals surface area contributed by atoms with E-state index in [1.54, 1.807) is 4.90 Å². The maximum absolute atomic E-state index is 11.9. The van der Waals surface area contributed by atoms with Gasteiger partial charge in [-0.3, -0.25) is 9.59 Å². The lowest BCUT2D eigenvalue weighted by Crippen LogP contribution is -2.34. The molecule has 24 heavy (non-hydrogen) atoms. The summed E-state index contributed by atoms with van der Waals surface area (Å²) in [7, 11) is 0. The molecule has 7 heteroatoms. The van der Waals surface area contributed by atoms with Gasteiger partial charge in [-0.15, -0.1) is 0 Å². The number of hydrogen-bond acceptors (Lipinski definition) is 4.